The molecule has 0 saturated heterocycles. The first-order valence-electron chi connectivity index (χ1n) is 2.07. The summed E-state index contributed by atoms with van der Waals surface area (Å²) in [6.07, 6.45) is 6.34. The second-order valence-corrected chi connectivity index (χ2v) is 0.868. The van der Waals surface area contributed by atoms with Gasteiger partial charge in [-0.2, -0.15) is 4.89 Å². The predicted octanol–water partition coefficient (Wildman–Crippen LogP) is -0.00930. The average molecular weight is 117 g/mol. The third kappa shape index (κ3) is 59.0. The molecule has 0 spiro atoms. The van der Waals surface area contributed by atoms with E-state index in [2.05, 4.69) is 21.5 Å². The zero-order valence-corrected chi connectivity index (χ0v) is 5.39. The monoisotopic (exact) mass is 117 g/mol. The van der Waals surface area contributed by atoms with E-state index >= 15 is 0 Å². The van der Waals surface area contributed by atoms with Crippen LogP contribution < -0.4 is 5.32 Å². The van der Waals surface area contributed by atoms with Crippen LogP contribution >= 0.6 is 0 Å². The largest absolute Gasteiger partial charge is 0.323 e. The lowest BCUT2D eigenvalue weighted by Gasteiger charge is -1.79. The molecular formula is C5H11NO2. The molecule has 0 aliphatic heterocycles. The molecule has 0 aliphatic rings. The summed E-state index contributed by atoms with van der Waals surface area (Å²) in [5.74, 6) is 0. The van der Waals surface area contributed by atoms with Gasteiger partial charge in [0, 0.05) is 0 Å². The van der Waals surface area contributed by atoms with Crippen LogP contribution in [0.5, 0.6) is 0 Å². The van der Waals surface area contributed by atoms with Gasteiger partial charge in [-0.05, 0) is 14.1 Å². The van der Waals surface area contributed by atoms with Gasteiger partial charge in [0.1, 0.15) is 0 Å². The number of terminal acetylenes is 1. The first-order valence-corrected chi connectivity index (χ1v) is 2.07. The van der Waals surface area contributed by atoms with E-state index in [9.17, 15) is 0 Å². The molecular weight excluding hydrogens is 106 g/mol. The summed E-state index contributed by atoms with van der Waals surface area (Å²) in [5.41, 5.74) is 0. The minimum Gasteiger partial charge on any atom is -0.323 e. The number of hydrogen-bond acceptors (Lipinski definition) is 3. The highest BCUT2D eigenvalue weighted by Gasteiger charge is 1.54. The average Bonchev–Trinajstić information content (AvgIpc) is 1.71. The predicted molar refractivity (Wildman–Crippen MR) is 31.9 cm³/mol. The van der Waals surface area contributed by atoms with Crippen LogP contribution in [0, 0.1) is 12.5 Å². The van der Waals surface area contributed by atoms with Gasteiger partial charge in [0.25, 0.3) is 0 Å². The highest BCUT2D eigenvalue weighted by Crippen LogP contribution is 1.58. The summed E-state index contributed by atoms with van der Waals surface area (Å²) >= 11 is 0. The van der Waals surface area contributed by atoms with Gasteiger partial charge >= 0.3 is 0 Å². The van der Waals surface area contributed by atoms with Crippen molar-refractivity contribution in [2.24, 2.45) is 0 Å². The second kappa shape index (κ2) is 16.3. The summed E-state index contributed by atoms with van der Waals surface area (Å²) in [6.45, 7) is 0. The highest BCUT2D eigenvalue weighted by molar-refractivity contribution is 4.64. The fourth-order valence-corrected chi connectivity index (χ4v) is 0.0481. The summed E-state index contributed by atoms with van der Waals surface area (Å²) in [7, 11) is 5.10. The van der Waals surface area contributed by atoms with E-state index in [4.69, 9.17) is 0 Å². The van der Waals surface area contributed by atoms with Gasteiger partial charge < -0.3 is 5.32 Å². The minimum atomic E-state index is 1.35. The normalized spacial score (nSPS) is 5.75. The van der Waals surface area contributed by atoms with Crippen LogP contribution in [0.2, 0.25) is 0 Å². The topological polar surface area (TPSA) is 30.5 Å². The number of nitrogens with one attached hydrogen (secondary N) is 1. The van der Waals surface area contributed by atoms with Gasteiger partial charge in [-0.15, -0.1) is 0 Å². The standard InChI is InChI=1S/C3H4O2.C2H7N/c1-3-5-4-2;1-3-2/h1H,2H3;3H,1-2H3. The van der Waals surface area contributed by atoms with Crippen molar-refractivity contribution in [3.8, 4) is 12.5 Å². The van der Waals surface area contributed by atoms with Gasteiger partial charge in [0.2, 0.25) is 0 Å². The molecule has 0 fully saturated rings. The molecule has 8 heavy (non-hydrogen) atoms. The van der Waals surface area contributed by atoms with Crippen LogP contribution in [0.15, 0.2) is 0 Å². The van der Waals surface area contributed by atoms with Crippen molar-refractivity contribution in [2.75, 3.05) is 21.2 Å². The molecule has 48 valence electrons. The summed E-state index contributed by atoms with van der Waals surface area (Å²) in [6, 6.07) is 0. The van der Waals surface area contributed by atoms with Crippen molar-refractivity contribution in [2.45, 2.75) is 0 Å². The molecule has 0 atom stereocenters. The molecule has 0 aromatic carbocycles. The van der Waals surface area contributed by atoms with Crippen LogP contribution in [0.25, 0.3) is 0 Å². The first kappa shape index (κ1) is 10.3. The first-order chi connectivity index (χ1) is 3.83. The molecule has 0 aromatic heterocycles. The molecule has 0 amide bonds. The van der Waals surface area contributed by atoms with E-state index in [1.54, 1.807) is 6.11 Å². The zero-order chi connectivity index (χ0) is 6.83. The molecule has 0 aliphatic carbocycles. The van der Waals surface area contributed by atoms with Gasteiger partial charge in [0.15, 0.2) is 6.11 Å². The van der Waals surface area contributed by atoms with Gasteiger partial charge in [-0.3, -0.25) is 4.89 Å². The Bertz CT molecular complexity index is 57.9. The molecule has 0 rings (SSSR count). The quantitative estimate of drug-likeness (QED) is 0.298. The molecule has 0 saturated carbocycles. The van der Waals surface area contributed by atoms with E-state index in [0.29, 0.717) is 0 Å². The van der Waals surface area contributed by atoms with Crippen molar-refractivity contribution < 1.29 is 9.78 Å². The third-order valence-electron chi connectivity index (χ3n) is 0.131. The molecule has 3 nitrogen and oxygen atoms in total. The third-order valence-corrected chi connectivity index (χ3v) is 0.131. The molecule has 0 unspecified atom stereocenters. The minimum absolute atomic E-state index is 1.35. The lowest BCUT2D eigenvalue weighted by molar-refractivity contribution is -0.209. The van der Waals surface area contributed by atoms with Crippen molar-refractivity contribution in [1.29, 1.82) is 0 Å². The molecule has 0 aromatic rings. The Morgan fingerprint density at radius 1 is 1.50 bits per heavy atom. The Labute approximate surface area is 49.9 Å². The van der Waals surface area contributed by atoms with Gasteiger partial charge in [-0.25, -0.2) is 0 Å². The van der Waals surface area contributed by atoms with Crippen molar-refractivity contribution in [3.63, 3.8) is 0 Å². The maximum atomic E-state index is 4.54. The van der Waals surface area contributed by atoms with Crippen molar-refractivity contribution in [3.05, 3.63) is 0 Å². The number of hydrogen-bond donors (Lipinski definition) is 1. The van der Waals surface area contributed by atoms with E-state index in [1.165, 1.54) is 7.11 Å². The van der Waals surface area contributed by atoms with E-state index in [-0.39, 0.29) is 0 Å². The van der Waals surface area contributed by atoms with Crippen LogP contribution in [0.1, 0.15) is 0 Å². The van der Waals surface area contributed by atoms with E-state index in [0.717, 1.165) is 0 Å². The summed E-state index contributed by atoms with van der Waals surface area (Å²) in [5, 5.41) is 2.75. The van der Waals surface area contributed by atoms with Crippen LogP contribution in [-0.2, 0) is 9.78 Å². The molecule has 1 N–H and O–H groups in total. The fourth-order valence-electron chi connectivity index (χ4n) is 0.0481. The van der Waals surface area contributed by atoms with Crippen LogP contribution in [-0.4, -0.2) is 21.2 Å². The summed E-state index contributed by atoms with van der Waals surface area (Å²) < 4.78 is 0. The summed E-state index contributed by atoms with van der Waals surface area (Å²) in [4.78, 5) is 7.82. The Balaban J connectivity index is 0. The van der Waals surface area contributed by atoms with Crippen molar-refractivity contribution >= 4 is 0 Å². The Kier molecular flexibility index (Phi) is 20.9. The van der Waals surface area contributed by atoms with Crippen LogP contribution in [0.3, 0.4) is 0 Å². The Morgan fingerprint density at radius 3 is 1.88 bits per heavy atom. The lowest BCUT2D eigenvalue weighted by atomic mass is 11.3. The maximum absolute atomic E-state index is 4.54. The Hall–Kier alpha value is -0.720. The molecule has 0 radical (unpaired) electrons. The maximum Gasteiger partial charge on any atom is 0.153 e. The van der Waals surface area contributed by atoms with E-state index in [1.807, 2.05) is 14.1 Å². The molecule has 3 heteroatoms. The Morgan fingerprint density at radius 2 is 1.88 bits per heavy atom. The highest BCUT2D eigenvalue weighted by atomic mass is 17.2. The van der Waals surface area contributed by atoms with Crippen molar-refractivity contribution in [1.82, 2.24) is 5.32 Å². The molecule has 0 heterocycles. The smallest absolute Gasteiger partial charge is 0.153 e. The SMILES string of the molecule is C#COOC.CNC. The zero-order valence-electron chi connectivity index (χ0n) is 5.39. The van der Waals surface area contributed by atoms with Crippen LogP contribution in [0.4, 0.5) is 0 Å². The fraction of sp³-hybridized carbons (Fsp3) is 0.600. The van der Waals surface area contributed by atoms with Gasteiger partial charge in [0.05, 0.1) is 7.11 Å². The lowest BCUT2D eigenvalue weighted by Crippen LogP contribution is -1.89. The van der Waals surface area contributed by atoms with Gasteiger partial charge in [-0.1, -0.05) is 6.42 Å². The number of rotatable bonds is 1. The second-order valence-electron chi connectivity index (χ2n) is 0.868. The molecule has 0 bridgehead atoms. The van der Waals surface area contributed by atoms with E-state index < -0.39 is 0 Å².